The van der Waals surface area contributed by atoms with Gasteiger partial charge in [0.2, 0.25) is 5.89 Å². The Morgan fingerprint density at radius 3 is 3.00 bits per heavy atom. The maximum absolute atomic E-state index is 8.77. The molecule has 16 heavy (non-hydrogen) atoms. The van der Waals surface area contributed by atoms with Crippen LogP contribution in [0.4, 0.5) is 0 Å². The van der Waals surface area contributed by atoms with Crippen LogP contribution >= 0.6 is 11.8 Å². The summed E-state index contributed by atoms with van der Waals surface area (Å²) in [6, 6.07) is 0. The monoisotopic (exact) mass is 244 g/mol. The van der Waals surface area contributed by atoms with Crippen molar-refractivity contribution in [3.63, 3.8) is 0 Å². The Bertz CT molecular complexity index is 291. The molecule has 0 saturated heterocycles. The molecule has 1 N–H and O–H groups in total. The lowest BCUT2D eigenvalue weighted by atomic mass is 10.2. The summed E-state index contributed by atoms with van der Waals surface area (Å²) in [7, 11) is 0. The summed E-state index contributed by atoms with van der Waals surface area (Å²) in [4.78, 5) is 4.32. The van der Waals surface area contributed by atoms with Gasteiger partial charge in [-0.1, -0.05) is 25.4 Å². The lowest BCUT2D eigenvalue weighted by molar-refractivity contribution is 0.289. The fourth-order valence-electron chi connectivity index (χ4n) is 1.26. The number of rotatable bonds is 8. The first-order valence-electron chi connectivity index (χ1n) is 5.80. The van der Waals surface area contributed by atoms with Gasteiger partial charge in [-0.05, 0) is 12.8 Å². The van der Waals surface area contributed by atoms with Crippen molar-refractivity contribution in [1.82, 2.24) is 10.1 Å². The van der Waals surface area contributed by atoms with E-state index in [0.29, 0.717) is 11.1 Å². The van der Waals surface area contributed by atoms with Crippen molar-refractivity contribution in [2.75, 3.05) is 6.61 Å². The van der Waals surface area contributed by atoms with Gasteiger partial charge in [-0.25, -0.2) is 0 Å². The lowest BCUT2D eigenvalue weighted by Gasteiger charge is -2.05. The van der Waals surface area contributed by atoms with Crippen molar-refractivity contribution >= 4 is 11.8 Å². The molecule has 0 aliphatic heterocycles. The SMILES string of the molecule is CCCCc1noc(CSC(C)CCO)n1. The van der Waals surface area contributed by atoms with Gasteiger partial charge in [-0.3, -0.25) is 0 Å². The normalized spacial score (nSPS) is 12.9. The van der Waals surface area contributed by atoms with E-state index in [1.165, 1.54) is 0 Å². The van der Waals surface area contributed by atoms with Crippen molar-refractivity contribution in [1.29, 1.82) is 0 Å². The standard InChI is InChI=1S/C11H20N2O2S/c1-3-4-5-10-12-11(15-13-10)8-16-9(2)6-7-14/h9,14H,3-8H2,1-2H3. The summed E-state index contributed by atoms with van der Waals surface area (Å²) >= 11 is 1.73. The molecule has 0 aliphatic rings. The molecule has 1 atom stereocenters. The van der Waals surface area contributed by atoms with E-state index in [2.05, 4.69) is 24.0 Å². The Morgan fingerprint density at radius 2 is 2.31 bits per heavy atom. The highest BCUT2D eigenvalue weighted by Gasteiger charge is 2.08. The van der Waals surface area contributed by atoms with E-state index >= 15 is 0 Å². The summed E-state index contributed by atoms with van der Waals surface area (Å²) in [5.74, 6) is 2.24. The number of hydrogen-bond acceptors (Lipinski definition) is 5. The predicted molar refractivity (Wildman–Crippen MR) is 65.4 cm³/mol. The van der Waals surface area contributed by atoms with Gasteiger partial charge in [0, 0.05) is 18.3 Å². The maximum atomic E-state index is 8.77. The molecule has 0 spiro atoms. The van der Waals surface area contributed by atoms with Crippen LogP contribution in [-0.4, -0.2) is 27.1 Å². The largest absolute Gasteiger partial charge is 0.396 e. The molecular weight excluding hydrogens is 224 g/mol. The van der Waals surface area contributed by atoms with E-state index in [1.807, 2.05) is 0 Å². The first kappa shape index (κ1) is 13.5. The number of aryl methyl sites for hydroxylation is 1. The minimum atomic E-state index is 0.236. The number of thioether (sulfide) groups is 1. The third kappa shape index (κ3) is 4.99. The van der Waals surface area contributed by atoms with Gasteiger partial charge in [0.25, 0.3) is 0 Å². The van der Waals surface area contributed by atoms with Gasteiger partial charge >= 0.3 is 0 Å². The van der Waals surface area contributed by atoms with Crippen molar-refractivity contribution in [2.45, 2.75) is 50.5 Å². The molecule has 0 aromatic carbocycles. The first-order chi connectivity index (χ1) is 7.76. The van der Waals surface area contributed by atoms with Crippen LogP contribution in [0.2, 0.25) is 0 Å². The van der Waals surface area contributed by atoms with Gasteiger partial charge < -0.3 is 9.63 Å². The van der Waals surface area contributed by atoms with Crippen molar-refractivity contribution in [3.8, 4) is 0 Å². The van der Waals surface area contributed by atoms with Crippen LogP contribution in [0.3, 0.4) is 0 Å². The third-order valence-electron chi connectivity index (χ3n) is 2.29. The summed E-state index contributed by atoms with van der Waals surface area (Å²) in [5, 5.41) is 13.1. The van der Waals surface area contributed by atoms with Crippen LogP contribution in [0.1, 0.15) is 44.8 Å². The molecule has 1 unspecified atom stereocenters. The number of hydrogen-bond donors (Lipinski definition) is 1. The zero-order valence-corrected chi connectivity index (χ0v) is 10.8. The van der Waals surface area contributed by atoms with E-state index in [1.54, 1.807) is 11.8 Å². The van der Waals surface area contributed by atoms with Crippen molar-refractivity contribution in [2.24, 2.45) is 0 Å². The average Bonchev–Trinajstić information content (AvgIpc) is 2.72. The summed E-state index contributed by atoms with van der Waals surface area (Å²) in [5.41, 5.74) is 0. The van der Waals surface area contributed by atoms with E-state index in [4.69, 9.17) is 9.63 Å². The molecule has 1 aromatic heterocycles. The molecule has 1 rings (SSSR count). The molecule has 0 amide bonds. The molecule has 0 saturated carbocycles. The van der Waals surface area contributed by atoms with Crippen LogP contribution in [0.25, 0.3) is 0 Å². The number of aromatic nitrogens is 2. The fourth-order valence-corrected chi connectivity index (χ4v) is 2.08. The van der Waals surface area contributed by atoms with Gasteiger partial charge in [0.15, 0.2) is 5.82 Å². The zero-order chi connectivity index (χ0) is 11.8. The average molecular weight is 244 g/mol. The van der Waals surface area contributed by atoms with E-state index in [9.17, 15) is 0 Å². The third-order valence-corrected chi connectivity index (χ3v) is 3.51. The molecule has 1 heterocycles. The topological polar surface area (TPSA) is 59.2 Å². The molecule has 1 aromatic rings. The van der Waals surface area contributed by atoms with Crippen LogP contribution < -0.4 is 0 Å². The van der Waals surface area contributed by atoms with Crippen LogP contribution in [0.5, 0.6) is 0 Å². The smallest absolute Gasteiger partial charge is 0.236 e. The highest BCUT2D eigenvalue weighted by Crippen LogP contribution is 2.18. The second-order valence-electron chi connectivity index (χ2n) is 3.84. The van der Waals surface area contributed by atoms with Crippen LogP contribution in [0.15, 0.2) is 4.52 Å². The number of nitrogens with zero attached hydrogens (tertiary/aromatic N) is 2. The second kappa shape index (κ2) is 7.68. The molecule has 0 aliphatic carbocycles. The van der Waals surface area contributed by atoms with Gasteiger partial charge in [-0.15, -0.1) is 11.8 Å². The number of unbranched alkanes of at least 4 members (excludes halogenated alkanes) is 1. The van der Waals surface area contributed by atoms with E-state index in [-0.39, 0.29) is 6.61 Å². The highest BCUT2D eigenvalue weighted by molar-refractivity contribution is 7.99. The van der Waals surface area contributed by atoms with Crippen LogP contribution in [0, 0.1) is 0 Å². The van der Waals surface area contributed by atoms with Gasteiger partial charge in [0.1, 0.15) is 0 Å². The summed E-state index contributed by atoms with van der Waals surface area (Å²) < 4.78 is 5.15. The van der Waals surface area contributed by atoms with E-state index < -0.39 is 0 Å². The van der Waals surface area contributed by atoms with Gasteiger partial charge in [0.05, 0.1) is 5.75 Å². The molecule has 4 nitrogen and oxygen atoms in total. The number of aliphatic hydroxyl groups is 1. The quantitative estimate of drug-likeness (QED) is 0.761. The Morgan fingerprint density at radius 1 is 1.50 bits per heavy atom. The Labute approximate surface area is 101 Å². The molecule has 0 bridgehead atoms. The predicted octanol–water partition coefficient (Wildman–Crippen LogP) is 2.42. The van der Waals surface area contributed by atoms with Crippen molar-refractivity contribution < 1.29 is 9.63 Å². The Hall–Kier alpha value is -0.550. The minimum absolute atomic E-state index is 0.236. The zero-order valence-electron chi connectivity index (χ0n) is 9.98. The maximum Gasteiger partial charge on any atom is 0.236 e. The number of aliphatic hydroxyl groups excluding tert-OH is 1. The van der Waals surface area contributed by atoms with Gasteiger partial charge in [-0.2, -0.15) is 4.98 Å². The fraction of sp³-hybridized carbons (Fsp3) is 0.818. The summed E-state index contributed by atoms with van der Waals surface area (Å²) in [6.45, 7) is 4.47. The van der Waals surface area contributed by atoms with E-state index in [0.717, 1.165) is 37.3 Å². The Balaban J connectivity index is 2.28. The molecule has 92 valence electrons. The first-order valence-corrected chi connectivity index (χ1v) is 6.85. The molecule has 0 radical (unpaired) electrons. The molecular formula is C11H20N2O2S. The van der Waals surface area contributed by atoms with Crippen LogP contribution in [-0.2, 0) is 12.2 Å². The summed E-state index contributed by atoms with van der Waals surface area (Å²) in [6.07, 6.45) is 3.96. The molecule has 5 heteroatoms. The minimum Gasteiger partial charge on any atom is -0.396 e. The van der Waals surface area contributed by atoms with Crippen molar-refractivity contribution in [3.05, 3.63) is 11.7 Å². The second-order valence-corrected chi connectivity index (χ2v) is 5.27. The highest BCUT2D eigenvalue weighted by atomic mass is 32.2. The molecule has 0 fully saturated rings. The Kier molecular flexibility index (Phi) is 6.49. The lowest BCUT2D eigenvalue weighted by Crippen LogP contribution is -2.00.